The van der Waals surface area contributed by atoms with E-state index in [4.69, 9.17) is 4.74 Å². The summed E-state index contributed by atoms with van der Waals surface area (Å²) in [6.07, 6.45) is 1.35. The van der Waals surface area contributed by atoms with E-state index in [0.29, 0.717) is 5.69 Å². The SMILES string of the molecule is COc1c(C)nc[nH]c1=O. The Morgan fingerprint density at radius 3 is 2.80 bits per heavy atom. The van der Waals surface area contributed by atoms with Crippen LogP contribution in [0, 0.1) is 6.92 Å². The summed E-state index contributed by atoms with van der Waals surface area (Å²) in [5, 5.41) is 0. The highest BCUT2D eigenvalue weighted by Crippen LogP contribution is 2.03. The number of aromatic amines is 1. The minimum absolute atomic E-state index is 0.241. The van der Waals surface area contributed by atoms with E-state index in [1.54, 1.807) is 6.92 Å². The third-order valence-corrected chi connectivity index (χ3v) is 1.19. The van der Waals surface area contributed by atoms with E-state index in [-0.39, 0.29) is 11.3 Å². The smallest absolute Gasteiger partial charge is 0.293 e. The van der Waals surface area contributed by atoms with Gasteiger partial charge in [0, 0.05) is 0 Å². The number of nitrogens with one attached hydrogen (secondary N) is 1. The van der Waals surface area contributed by atoms with Crippen LogP contribution in [0.1, 0.15) is 5.69 Å². The van der Waals surface area contributed by atoms with Crippen molar-refractivity contribution in [2.45, 2.75) is 6.92 Å². The number of hydrogen-bond donors (Lipinski definition) is 1. The first kappa shape index (κ1) is 6.80. The second-order valence-electron chi connectivity index (χ2n) is 1.85. The number of methoxy groups -OCH3 is 1. The Hall–Kier alpha value is -1.32. The molecule has 0 radical (unpaired) electrons. The molecular formula is C6H8N2O2. The summed E-state index contributed by atoms with van der Waals surface area (Å²) < 4.78 is 4.77. The number of aryl methyl sites for hydroxylation is 1. The Bertz CT molecular complexity index is 279. The number of nitrogens with zero attached hydrogens (tertiary/aromatic N) is 1. The molecule has 1 N–H and O–H groups in total. The molecule has 0 unspecified atom stereocenters. The van der Waals surface area contributed by atoms with Crippen molar-refractivity contribution in [1.82, 2.24) is 9.97 Å². The summed E-state index contributed by atoms with van der Waals surface area (Å²) in [5.74, 6) is 0.280. The Morgan fingerprint density at radius 2 is 2.40 bits per heavy atom. The van der Waals surface area contributed by atoms with Crippen molar-refractivity contribution in [3.8, 4) is 5.75 Å². The molecule has 4 heteroatoms. The lowest BCUT2D eigenvalue weighted by Gasteiger charge is -1.98. The third kappa shape index (κ3) is 1.00. The van der Waals surface area contributed by atoms with Crippen LogP contribution in [0.4, 0.5) is 0 Å². The first-order chi connectivity index (χ1) is 4.75. The van der Waals surface area contributed by atoms with Gasteiger partial charge in [-0.05, 0) is 6.92 Å². The van der Waals surface area contributed by atoms with Gasteiger partial charge in [-0.15, -0.1) is 0 Å². The molecule has 0 saturated carbocycles. The zero-order valence-corrected chi connectivity index (χ0v) is 5.84. The molecule has 0 aliphatic rings. The maximum absolute atomic E-state index is 10.9. The molecule has 0 aromatic carbocycles. The van der Waals surface area contributed by atoms with Gasteiger partial charge >= 0.3 is 0 Å². The molecule has 0 aliphatic heterocycles. The van der Waals surface area contributed by atoms with Crippen molar-refractivity contribution in [3.63, 3.8) is 0 Å². The van der Waals surface area contributed by atoms with Crippen molar-refractivity contribution < 1.29 is 4.74 Å². The fourth-order valence-corrected chi connectivity index (χ4v) is 0.717. The molecule has 4 nitrogen and oxygen atoms in total. The van der Waals surface area contributed by atoms with E-state index >= 15 is 0 Å². The molecule has 0 amide bonds. The van der Waals surface area contributed by atoms with Gasteiger partial charge in [0.1, 0.15) is 0 Å². The van der Waals surface area contributed by atoms with Crippen LogP contribution >= 0.6 is 0 Å². The predicted octanol–water partition coefficient (Wildman–Crippen LogP) is 0.0869. The van der Waals surface area contributed by atoms with E-state index in [1.165, 1.54) is 13.4 Å². The zero-order valence-electron chi connectivity index (χ0n) is 5.84. The molecule has 0 spiro atoms. The molecule has 0 saturated heterocycles. The van der Waals surface area contributed by atoms with E-state index in [0.717, 1.165) is 0 Å². The number of rotatable bonds is 1. The van der Waals surface area contributed by atoms with Crippen LogP contribution in [0.25, 0.3) is 0 Å². The lowest BCUT2D eigenvalue weighted by molar-refractivity contribution is 0.402. The van der Waals surface area contributed by atoms with Crippen LogP contribution in [0.5, 0.6) is 5.75 Å². The molecule has 0 bridgehead atoms. The normalized spacial score (nSPS) is 9.40. The van der Waals surface area contributed by atoms with Crippen LogP contribution in [-0.4, -0.2) is 17.1 Å². The molecular weight excluding hydrogens is 132 g/mol. The van der Waals surface area contributed by atoms with E-state index in [1.807, 2.05) is 0 Å². The van der Waals surface area contributed by atoms with Gasteiger partial charge in [-0.1, -0.05) is 0 Å². The van der Waals surface area contributed by atoms with Crippen molar-refractivity contribution >= 4 is 0 Å². The van der Waals surface area contributed by atoms with Crippen LogP contribution in [0.3, 0.4) is 0 Å². The molecule has 54 valence electrons. The van der Waals surface area contributed by atoms with E-state index in [9.17, 15) is 4.79 Å². The third-order valence-electron chi connectivity index (χ3n) is 1.19. The fourth-order valence-electron chi connectivity index (χ4n) is 0.717. The van der Waals surface area contributed by atoms with Crippen LogP contribution in [0.15, 0.2) is 11.1 Å². The minimum atomic E-state index is -0.241. The van der Waals surface area contributed by atoms with Crippen LogP contribution < -0.4 is 10.3 Å². The van der Waals surface area contributed by atoms with Gasteiger partial charge in [0.05, 0.1) is 19.1 Å². The van der Waals surface area contributed by atoms with E-state index < -0.39 is 0 Å². The lowest BCUT2D eigenvalue weighted by Crippen LogP contribution is -2.10. The zero-order chi connectivity index (χ0) is 7.56. The number of aromatic nitrogens is 2. The first-order valence-corrected chi connectivity index (χ1v) is 2.84. The molecule has 0 aliphatic carbocycles. The topological polar surface area (TPSA) is 55.0 Å². The van der Waals surface area contributed by atoms with Gasteiger partial charge in [0.25, 0.3) is 5.56 Å². The van der Waals surface area contributed by atoms with Crippen molar-refractivity contribution in [1.29, 1.82) is 0 Å². The highest BCUT2D eigenvalue weighted by molar-refractivity contribution is 5.21. The Kier molecular flexibility index (Phi) is 1.71. The Balaban J connectivity index is 3.31. The largest absolute Gasteiger partial charge is 0.490 e. The van der Waals surface area contributed by atoms with Gasteiger partial charge in [0.15, 0.2) is 0 Å². The summed E-state index contributed by atoms with van der Waals surface area (Å²) in [7, 11) is 1.44. The summed E-state index contributed by atoms with van der Waals surface area (Å²) in [6, 6.07) is 0. The highest BCUT2D eigenvalue weighted by Gasteiger charge is 2.01. The summed E-state index contributed by atoms with van der Waals surface area (Å²) in [4.78, 5) is 17.1. The number of H-pyrrole nitrogens is 1. The fraction of sp³-hybridized carbons (Fsp3) is 0.333. The maximum atomic E-state index is 10.9. The van der Waals surface area contributed by atoms with Gasteiger partial charge in [-0.25, -0.2) is 4.98 Å². The van der Waals surface area contributed by atoms with Gasteiger partial charge in [-0.3, -0.25) is 4.79 Å². The van der Waals surface area contributed by atoms with Gasteiger partial charge < -0.3 is 9.72 Å². The van der Waals surface area contributed by atoms with Gasteiger partial charge in [0.2, 0.25) is 5.75 Å². The van der Waals surface area contributed by atoms with Crippen molar-refractivity contribution in [3.05, 3.63) is 22.4 Å². The predicted molar refractivity (Wildman–Crippen MR) is 36.1 cm³/mol. The highest BCUT2D eigenvalue weighted by atomic mass is 16.5. The Morgan fingerprint density at radius 1 is 1.70 bits per heavy atom. The maximum Gasteiger partial charge on any atom is 0.293 e. The van der Waals surface area contributed by atoms with Crippen LogP contribution in [-0.2, 0) is 0 Å². The van der Waals surface area contributed by atoms with Crippen molar-refractivity contribution in [2.75, 3.05) is 7.11 Å². The lowest BCUT2D eigenvalue weighted by atomic mass is 10.4. The number of ether oxygens (including phenoxy) is 1. The standard InChI is InChI=1S/C6H8N2O2/c1-4-5(10-2)6(9)8-3-7-4/h3H,1-2H3,(H,7,8,9). The molecule has 1 heterocycles. The van der Waals surface area contributed by atoms with E-state index in [2.05, 4.69) is 9.97 Å². The molecule has 10 heavy (non-hydrogen) atoms. The monoisotopic (exact) mass is 140 g/mol. The van der Waals surface area contributed by atoms with Gasteiger partial charge in [-0.2, -0.15) is 0 Å². The second kappa shape index (κ2) is 2.51. The average molecular weight is 140 g/mol. The summed E-state index contributed by atoms with van der Waals surface area (Å²) in [6.45, 7) is 1.72. The van der Waals surface area contributed by atoms with Crippen molar-refractivity contribution in [2.24, 2.45) is 0 Å². The molecule has 1 aromatic rings. The molecule has 1 rings (SSSR count). The van der Waals surface area contributed by atoms with Crippen LogP contribution in [0.2, 0.25) is 0 Å². The second-order valence-corrected chi connectivity index (χ2v) is 1.85. The Labute approximate surface area is 57.9 Å². The number of hydrogen-bond acceptors (Lipinski definition) is 3. The first-order valence-electron chi connectivity index (χ1n) is 2.84. The quantitative estimate of drug-likeness (QED) is 0.601. The molecule has 0 atom stereocenters. The summed E-state index contributed by atoms with van der Waals surface area (Å²) >= 11 is 0. The molecule has 1 aromatic heterocycles. The molecule has 0 fully saturated rings. The minimum Gasteiger partial charge on any atom is -0.490 e. The average Bonchev–Trinajstić information content (AvgIpc) is 1.88. The summed E-state index contributed by atoms with van der Waals surface area (Å²) in [5.41, 5.74) is 0.362.